The molecular weight excluding hydrogens is 250 g/mol. The van der Waals surface area contributed by atoms with Crippen LogP contribution in [0.2, 0.25) is 5.02 Å². The van der Waals surface area contributed by atoms with Crippen molar-refractivity contribution in [3.05, 3.63) is 41.2 Å². The van der Waals surface area contributed by atoms with Crippen molar-refractivity contribution in [2.45, 2.75) is 6.54 Å². The molecule has 0 amide bonds. The summed E-state index contributed by atoms with van der Waals surface area (Å²) in [6.07, 6.45) is 3.66. The lowest BCUT2D eigenvalue weighted by Gasteiger charge is -2.00. The lowest BCUT2D eigenvalue weighted by Crippen LogP contribution is -2.03. The van der Waals surface area contributed by atoms with Crippen molar-refractivity contribution in [2.24, 2.45) is 0 Å². The van der Waals surface area contributed by atoms with Crippen LogP contribution in [0, 0.1) is 11.3 Å². The van der Waals surface area contributed by atoms with Gasteiger partial charge in [0.05, 0.1) is 31.0 Å². The molecule has 0 fully saturated rings. The molecular formula is C13H12ClN3O. The summed E-state index contributed by atoms with van der Waals surface area (Å²) in [5.41, 5.74) is 2.37. The molecule has 0 saturated carbocycles. The molecule has 0 bridgehead atoms. The second kappa shape index (κ2) is 5.67. The van der Waals surface area contributed by atoms with Gasteiger partial charge in [0.1, 0.15) is 0 Å². The van der Waals surface area contributed by atoms with Gasteiger partial charge >= 0.3 is 0 Å². The highest BCUT2D eigenvalue weighted by molar-refractivity contribution is 6.31. The van der Waals surface area contributed by atoms with E-state index in [-0.39, 0.29) is 0 Å². The molecule has 0 aliphatic rings. The van der Waals surface area contributed by atoms with Crippen LogP contribution >= 0.6 is 11.6 Å². The predicted molar refractivity (Wildman–Crippen MR) is 69.3 cm³/mol. The normalized spacial score (nSPS) is 10.3. The van der Waals surface area contributed by atoms with Crippen molar-refractivity contribution in [2.75, 3.05) is 13.7 Å². The molecule has 1 aromatic heterocycles. The van der Waals surface area contributed by atoms with Crippen molar-refractivity contribution < 1.29 is 4.74 Å². The Morgan fingerprint density at radius 1 is 1.39 bits per heavy atom. The molecule has 0 aliphatic heterocycles. The van der Waals surface area contributed by atoms with Gasteiger partial charge in [0.25, 0.3) is 0 Å². The van der Waals surface area contributed by atoms with Crippen LogP contribution in [0.4, 0.5) is 0 Å². The molecule has 18 heavy (non-hydrogen) atoms. The summed E-state index contributed by atoms with van der Waals surface area (Å²) in [7, 11) is 1.65. The Morgan fingerprint density at radius 3 is 2.94 bits per heavy atom. The highest BCUT2D eigenvalue weighted by Gasteiger charge is 2.05. The zero-order chi connectivity index (χ0) is 13.0. The van der Waals surface area contributed by atoms with E-state index in [4.69, 9.17) is 21.6 Å². The highest BCUT2D eigenvalue weighted by atomic mass is 35.5. The van der Waals surface area contributed by atoms with E-state index in [0.29, 0.717) is 23.7 Å². The molecule has 2 aromatic rings. The fourth-order valence-electron chi connectivity index (χ4n) is 1.64. The average molecular weight is 262 g/mol. The van der Waals surface area contributed by atoms with Gasteiger partial charge in [-0.3, -0.25) is 4.68 Å². The first-order valence-electron chi connectivity index (χ1n) is 5.45. The zero-order valence-electron chi connectivity index (χ0n) is 9.93. The number of methoxy groups -OCH3 is 1. The van der Waals surface area contributed by atoms with Gasteiger partial charge in [-0.1, -0.05) is 11.6 Å². The molecule has 0 saturated heterocycles. The van der Waals surface area contributed by atoms with E-state index >= 15 is 0 Å². The van der Waals surface area contributed by atoms with Crippen molar-refractivity contribution in [3.63, 3.8) is 0 Å². The fourth-order valence-corrected chi connectivity index (χ4v) is 1.88. The third-order valence-corrected chi connectivity index (χ3v) is 2.74. The molecule has 0 atom stereocenters. The molecule has 0 spiro atoms. The number of rotatable bonds is 4. The van der Waals surface area contributed by atoms with Crippen molar-refractivity contribution in [1.82, 2.24) is 9.78 Å². The van der Waals surface area contributed by atoms with Gasteiger partial charge in [0.15, 0.2) is 0 Å². The number of nitrogens with zero attached hydrogens (tertiary/aromatic N) is 3. The third kappa shape index (κ3) is 2.89. The first-order chi connectivity index (χ1) is 8.72. The number of hydrogen-bond acceptors (Lipinski definition) is 3. The Hall–Kier alpha value is -1.83. The topological polar surface area (TPSA) is 50.8 Å². The first kappa shape index (κ1) is 12.6. The molecule has 0 aliphatic carbocycles. The summed E-state index contributed by atoms with van der Waals surface area (Å²) in [5.74, 6) is 0. The number of ether oxygens (including phenoxy) is 1. The van der Waals surface area contributed by atoms with Crippen LogP contribution in [0.15, 0.2) is 30.6 Å². The Kier molecular flexibility index (Phi) is 3.98. The minimum absolute atomic E-state index is 0.544. The lowest BCUT2D eigenvalue weighted by atomic mass is 10.1. The molecule has 2 rings (SSSR count). The van der Waals surface area contributed by atoms with Gasteiger partial charge < -0.3 is 4.74 Å². The van der Waals surface area contributed by atoms with Crippen LogP contribution in [-0.2, 0) is 11.3 Å². The lowest BCUT2D eigenvalue weighted by molar-refractivity contribution is 0.183. The molecule has 5 heteroatoms. The summed E-state index contributed by atoms with van der Waals surface area (Å²) in [6.45, 7) is 1.31. The molecule has 1 heterocycles. The second-order valence-electron chi connectivity index (χ2n) is 3.83. The molecule has 0 radical (unpaired) electrons. The van der Waals surface area contributed by atoms with Crippen LogP contribution < -0.4 is 0 Å². The van der Waals surface area contributed by atoms with Crippen molar-refractivity contribution in [1.29, 1.82) is 5.26 Å². The minimum atomic E-state index is 0.544. The summed E-state index contributed by atoms with van der Waals surface area (Å²) in [4.78, 5) is 0. The van der Waals surface area contributed by atoms with Gasteiger partial charge in [0.2, 0.25) is 0 Å². The number of halogens is 1. The van der Waals surface area contributed by atoms with E-state index in [1.54, 1.807) is 30.1 Å². The third-order valence-electron chi connectivity index (χ3n) is 2.52. The van der Waals surface area contributed by atoms with E-state index in [9.17, 15) is 0 Å². The molecule has 0 unspecified atom stereocenters. The largest absolute Gasteiger partial charge is 0.383 e. The summed E-state index contributed by atoms with van der Waals surface area (Å²) in [6, 6.07) is 7.34. The van der Waals surface area contributed by atoms with Crippen LogP contribution in [0.25, 0.3) is 11.1 Å². The van der Waals surface area contributed by atoms with Crippen molar-refractivity contribution >= 4 is 11.6 Å². The van der Waals surface area contributed by atoms with Crippen LogP contribution in [0.1, 0.15) is 5.56 Å². The van der Waals surface area contributed by atoms with Gasteiger partial charge in [-0.25, -0.2) is 0 Å². The maximum absolute atomic E-state index is 8.91. The Bertz CT molecular complexity index is 586. The number of benzene rings is 1. The van der Waals surface area contributed by atoms with Crippen molar-refractivity contribution in [3.8, 4) is 17.2 Å². The van der Waals surface area contributed by atoms with E-state index in [1.165, 1.54) is 0 Å². The fraction of sp³-hybridized carbons (Fsp3) is 0.231. The number of nitriles is 1. The zero-order valence-corrected chi connectivity index (χ0v) is 10.7. The Balaban J connectivity index is 2.28. The quantitative estimate of drug-likeness (QED) is 0.850. The summed E-state index contributed by atoms with van der Waals surface area (Å²) < 4.78 is 6.79. The SMILES string of the molecule is COCCn1cc(-c2cc(Cl)cc(C#N)c2)cn1. The van der Waals surface area contributed by atoms with Crippen LogP contribution in [0.3, 0.4) is 0 Å². The molecule has 1 aromatic carbocycles. The van der Waals surface area contributed by atoms with Gasteiger partial charge in [-0.2, -0.15) is 10.4 Å². The van der Waals surface area contributed by atoms with Gasteiger partial charge in [-0.15, -0.1) is 0 Å². The molecule has 0 N–H and O–H groups in total. The van der Waals surface area contributed by atoms with Gasteiger partial charge in [-0.05, 0) is 23.8 Å². The number of hydrogen-bond donors (Lipinski definition) is 0. The van der Waals surface area contributed by atoms with E-state index in [0.717, 1.165) is 11.1 Å². The average Bonchev–Trinajstić information content (AvgIpc) is 2.84. The van der Waals surface area contributed by atoms with Crippen LogP contribution in [0.5, 0.6) is 0 Å². The van der Waals surface area contributed by atoms with E-state index in [1.807, 2.05) is 12.3 Å². The maximum Gasteiger partial charge on any atom is 0.0992 e. The minimum Gasteiger partial charge on any atom is -0.383 e. The number of aromatic nitrogens is 2. The smallest absolute Gasteiger partial charge is 0.0992 e. The monoisotopic (exact) mass is 261 g/mol. The molecule has 92 valence electrons. The predicted octanol–water partition coefficient (Wildman–Crippen LogP) is 2.72. The van der Waals surface area contributed by atoms with E-state index in [2.05, 4.69) is 11.2 Å². The standard InChI is InChI=1S/C13H12ClN3O/c1-18-3-2-17-9-12(8-16-17)11-4-10(7-15)5-13(14)6-11/h4-6,8-9H,2-3H2,1H3. The molecule has 4 nitrogen and oxygen atoms in total. The Morgan fingerprint density at radius 2 is 2.22 bits per heavy atom. The van der Waals surface area contributed by atoms with Gasteiger partial charge in [0, 0.05) is 23.9 Å². The maximum atomic E-state index is 8.91. The second-order valence-corrected chi connectivity index (χ2v) is 4.26. The summed E-state index contributed by atoms with van der Waals surface area (Å²) >= 11 is 5.97. The highest BCUT2D eigenvalue weighted by Crippen LogP contribution is 2.24. The summed E-state index contributed by atoms with van der Waals surface area (Å²) in [5, 5.41) is 13.7. The first-order valence-corrected chi connectivity index (χ1v) is 5.83. The van der Waals surface area contributed by atoms with Crippen LogP contribution in [-0.4, -0.2) is 23.5 Å². The Labute approximate surface area is 110 Å². The van der Waals surface area contributed by atoms with E-state index < -0.39 is 0 Å².